The van der Waals surface area contributed by atoms with Gasteiger partial charge in [-0.25, -0.2) is 0 Å². The molecule has 2 rings (SSSR count). The van der Waals surface area contributed by atoms with Crippen LogP contribution in [-0.4, -0.2) is 21.3 Å². The highest BCUT2D eigenvalue weighted by Crippen LogP contribution is 2.14. The van der Waals surface area contributed by atoms with E-state index in [-0.39, 0.29) is 17.6 Å². The fourth-order valence-corrected chi connectivity index (χ4v) is 1.38. The van der Waals surface area contributed by atoms with Crippen molar-refractivity contribution < 1.29 is 4.79 Å². The van der Waals surface area contributed by atoms with Gasteiger partial charge >= 0.3 is 0 Å². The molecule has 6 nitrogen and oxygen atoms in total. The van der Waals surface area contributed by atoms with E-state index in [0.717, 1.165) is 5.56 Å². The number of nitrogens with one attached hydrogen (secondary N) is 2. The number of nitrogens with zero attached hydrogens (tertiary/aromatic N) is 2. The number of carbonyl (C=O) groups is 1. The lowest BCUT2D eigenvalue weighted by atomic mass is 10.1. The van der Waals surface area contributed by atoms with Crippen LogP contribution >= 0.6 is 0 Å². The third-order valence-corrected chi connectivity index (χ3v) is 2.34. The molecule has 0 aliphatic carbocycles. The van der Waals surface area contributed by atoms with Crippen LogP contribution in [0.3, 0.4) is 0 Å². The number of aromatic amines is 1. The summed E-state index contributed by atoms with van der Waals surface area (Å²) in [6.45, 7) is 1.91. The first-order valence-electron chi connectivity index (χ1n) is 5.19. The zero-order valence-corrected chi connectivity index (χ0v) is 9.34. The molecule has 6 heteroatoms. The van der Waals surface area contributed by atoms with Crippen LogP contribution in [0.1, 0.15) is 29.0 Å². The van der Waals surface area contributed by atoms with Gasteiger partial charge in [0.25, 0.3) is 5.91 Å². The Morgan fingerprint density at radius 2 is 2.12 bits per heavy atom. The lowest BCUT2D eigenvalue weighted by molar-refractivity contribution is 0.102. The molecular weight excluding hydrogens is 218 g/mol. The number of H-pyrrole nitrogens is 1. The van der Waals surface area contributed by atoms with Crippen LogP contribution in [0, 0.1) is 0 Å². The highest BCUT2D eigenvalue weighted by atomic mass is 16.2. The molecule has 17 heavy (non-hydrogen) atoms. The molecule has 1 aromatic heterocycles. The van der Waals surface area contributed by atoms with E-state index in [0.29, 0.717) is 5.69 Å². The van der Waals surface area contributed by atoms with E-state index in [1.807, 2.05) is 19.1 Å². The first-order chi connectivity index (χ1) is 8.16. The maximum Gasteiger partial charge on any atom is 0.277 e. The topological polar surface area (TPSA) is 96.7 Å². The predicted molar refractivity (Wildman–Crippen MR) is 63.4 cm³/mol. The molecule has 4 N–H and O–H groups in total. The molecular formula is C11H13N5O. The first kappa shape index (κ1) is 11.3. The molecule has 0 aliphatic heterocycles. The summed E-state index contributed by atoms with van der Waals surface area (Å²) in [7, 11) is 0. The minimum Gasteiger partial charge on any atom is -0.324 e. The summed E-state index contributed by atoms with van der Waals surface area (Å²) in [5.74, 6) is -0.299. The second kappa shape index (κ2) is 4.75. The number of rotatable bonds is 3. The van der Waals surface area contributed by atoms with Crippen molar-refractivity contribution in [3.8, 4) is 0 Å². The van der Waals surface area contributed by atoms with Gasteiger partial charge in [-0.15, -0.1) is 0 Å². The van der Waals surface area contributed by atoms with Gasteiger partial charge in [-0.3, -0.25) is 4.79 Å². The van der Waals surface area contributed by atoms with Crippen molar-refractivity contribution in [3.05, 3.63) is 41.7 Å². The van der Waals surface area contributed by atoms with Gasteiger partial charge in [-0.2, -0.15) is 15.4 Å². The molecule has 0 radical (unpaired) electrons. The van der Waals surface area contributed by atoms with Gasteiger partial charge in [0.05, 0.1) is 6.20 Å². The Morgan fingerprint density at radius 3 is 2.65 bits per heavy atom. The lowest BCUT2D eigenvalue weighted by Crippen LogP contribution is -2.12. The summed E-state index contributed by atoms with van der Waals surface area (Å²) >= 11 is 0. The van der Waals surface area contributed by atoms with Gasteiger partial charge in [0, 0.05) is 11.7 Å². The van der Waals surface area contributed by atoms with E-state index in [9.17, 15) is 4.79 Å². The second-order valence-electron chi connectivity index (χ2n) is 3.72. The highest BCUT2D eigenvalue weighted by molar-refractivity contribution is 6.02. The summed E-state index contributed by atoms with van der Waals surface area (Å²) < 4.78 is 0. The molecule has 0 bridgehead atoms. The number of carbonyl (C=O) groups excluding carboxylic acids is 1. The molecule has 1 unspecified atom stereocenters. The number of nitrogens with two attached hydrogens (primary N) is 1. The summed E-state index contributed by atoms with van der Waals surface area (Å²) in [5, 5.41) is 12.3. The van der Waals surface area contributed by atoms with Gasteiger partial charge in [0.15, 0.2) is 5.69 Å². The van der Waals surface area contributed by atoms with Crippen molar-refractivity contribution in [1.82, 2.24) is 15.4 Å². The molecule has 0 spiro atoms. The first-order valence-corrected chi connectivity index (χ1v) is 5.19. The number of aromatic nitrogens is 3. The van der Waals surface area contributed by atoms with E-state index < -0.39 is 0 Å². The molecule has 0 fully saturated rings. The van der Waals surface area contributed by atoms with Gasteiger partial charge in [-0.1, -0.05) is 12.1 Å². The van der Waals surface area contributed by atoms with Crippen molar-refractivity contribution in [1.29, 1.82) is 0 Å². The molecule has 2 aromatic rings. The predicted octanol–water partition coefficient (Wildman–Crippen LogP) is 1.08. The SMILES string of the molecule is CC(N)c1ccc(NC(=O)c2cn[nH]n2)cc1. The second-order valence-corrected chi connectivity index (χ2v) is 3.72. The normalized spacial score (nSPS) is 12.1. The van der Waals surface area contributed by atoms with Gasteiger partial charge < -0.3 is 11.1 Å². The fraction of sp³-hybridized carbons (Fsp3) is 0.182. The minimum absolute atomic E-state index is 0.0182. The van der Waals surface area contributed by atoms with Crippen LogP contribution in [0.4, 0.5) is 5.69 Å². The number of anilines is 1. The third-order valence-electron chi connectivity index (χ3n) is 2.34. The van der Waals surface area contributed by atoms with E-state index in [2.05, 4.69) is 20.7 Å². The fourth-order valence-electron chi connectivity index (χ4n) is 1.38. The maximum absolute atomic E-state index is 11.6. The molecule has 1 heterocycles. The summed E-state index contributed by atoms with van der Waals surface area (Å²) in [6.07, 6.45) is 1.37. The van der Waals surface area contributed by atoms with Crippen molar-refractivity contribution in [2.75, 3.05) is 5.32 Å². The molecule has 88 valence electrons. The van der Waals surface area contributed by atoms with E-state index >= 15 is 0 Å². The Morgan fingerprint density at radius 1 is 1.41 bits per heavy atom. The zero-order chi connectivity index (χ0) is 12.3. The smallest absolute Gasteiger partial charge is 0.277 e. The molecule has 1 amide bonds. The summed E-state index contributed by atoms with van der Waals surface area (Å²) in [4.78, 5) is 11.6. The Hall–Kier alpha value is -2.21. The van der Waals surface area contributed by atoms with Crippen LogP contribution in [0.2, 0.25) is 0 Å². The van der Waals surface area contributed by atoms with Crippen molar-refractivity contribution in [2.24, 2.45) is 5.73 Å². The van der Waals surface area contributed by atoms with E-state index in [1.54, 1.807) is 12.1 Å². The van der Waals surface area contributed by atoms with Crippen LogP contribution in [0.25, 0.3) is 0 Å². The third kappa shape index (κ3) is 2.67. The van der Waals surface area contributed by atoms with Crippen LogP contribution in [0.5, 0.6) is 0 Å². The molecule has 0 aliphatic rings. The highest BCUT2D eigenvalue weighted by Gasteiger charge is 2.08. The summed E-state index contributed by atoms with van der Waals surface area (Å²) in [5.41, 5.74) is 7.70. The van der Waals surface area contributed by atoms with Crippen LogP contribution in [0.15, 0.2) is 30.5 Å². The average Bonchev–Trinajstić information content (AvgIpc) is 2.83. The standard InChI is InChI=1S/C11H13N5O/c1-7(12)8-2-4-9(5-3-8)14-11(17)10-6-13-16-15-10/h2-7H,12H2,1H3,(H,14,17)(H,13,15,16). The minimum atomic E-state index is -0.299. The largest absolute Gasteiger partial charge is 0.324 e. The number of amides is 1. The summed E-state index contributed by atoms with van der Waals surface area (Å²) in [6, 6.07) is 7.34. The number of hydrogen-bond donors (Lipinski definition) is 3. The molecule has 0 saturated carbocycles. The Kier molecular flexibility index (Phi) is 3.15. The van der Waals surface area contributed by atoms with Gasteiger partial charge in [0.1, 0.15) is 0 Å². The Labute approximate surface area is 98.2 Å². The molecule has 1 atom stereocenters. The quantitative estimate of drug-likeness (QED) is 0.736. The van der Waals surface area contributed by atoms with Crippen LogP contribution < -0.4 is 11.1 Å². The average molecular weight is 231 g/mol. The molecule has 1 aromatic carbocycles. The van der Waals surface area contributed by atoms with Crippen molar-refractivity contribution >= 4 is 11.6 Å². The van der Waals surface area contributed by atoms with Gasteiger partial charge in [0.2, 0.25) is 0 Å². The zero-order valence-electron chi connectivity index (χ0n) is 9.34. The number of benzene rings is 1. The monoisotopic (exact) mass is 231 g/mol. The van der Waals surface area contributed by atoms with Crippen molar-refractivity contribution in [2.45, 2.75) is 13.0 Å². The maximum atomic E-state index is 11.6. The molecule has 0 saturated heterocycles. The van der Waals surface area contributed by atoms with E-state index in [4.69, 9.17) is 5.73 Å². The Bertz CT molecular complexity index is 489. The number of hydrogen-bond acceptors (Lipinski definition) is 4. The lowest BCUT2D eigenvalue weighted by Gasteiger charge is -2.07. The van der Waals surface area contributed by atoms with Gasteiger partial charge in [-0.05, 0) is 24.6 Å². The van der Waals surface area contributed by atoms with E-state index in [1.165, 1.54) is 6.20 Å². The van der Waals surface area contributed by atoms with Crippen molar-refractivity contribution in [3.63, 3.8) is 0 Å². The van der Waals surface area contributed by atoms with Crippen LogP contribution in [-0.2, 0) is 0 Å². The Balaban J connectivity index is 2.07.